The number of halogens is 1. The zero-order valence-electron chi connectivity index (χ0n) is 11.4. The van der Waals surface area contributed by atoms with Gasteiger partial charge in [0.05, 0.1) is 5.69 Å². The largest absolute Gasteiger partial charge is 0.321 e. The Morgan fingerprint density at radius 2 is 2.05 bits per heavy atom. The molecule has 0 fully saturated rings. The van der Waals surface area contributed by atoms with Gasteiger partial charge < -0.3 is 5.32 Å². The first kappa shape index (κ1) is 13.8. The third-order valence-corrected chi connectivity index (χ3v) is 3.69. The Hall–Kier alpha value is -2.20. The number of carbonyl (C=O) groups is 1. The molecular weight excluding hydrogens is 328 g/mol. The van der Waals surface area contributed by atoms with Crippen molar-refractivity contribution in [2.24, 2.45) is 0 Å². The second-order valence-electron chi connectivity index (χ2n) is 4.87. The average molecular weight is 341 g/mol. The van der Waals surface area contributed by atoms with Crippen LogP contribution in [0.1, 0.15) is 15.9 Å². The van der Waals surface area contributed by atoms with E-state index in [2.05, 4.69) is 26.2 Å². The van der Waals surface area contributed by atoms with Crippen LogP contribution in [0.4, 0.5) is 5.69 Å². The molecule has 21 heavy (non-hydrogen) atoms. The molecule has 2 aromatic carbocycles. The van der Waals surface area contributed by atoms with E-state index in [0.29, 0.717) is 5.56 Å². The monoisotopic (exact) mass is 340 g/mol. The standard InChI is InChI=1S/C17H13BrN2O/c1-11-7-13(9-14(18)8-11)17(21)20-16-4-2-3-12-5-6-19-10-15(12)16/h2-10H,1H3,(H,20,21). The van der Waals surface area contributed by atoms with Gasteiger partial charge in [-0.2, -0.15) is 0 Å². The van der Waals surface area contributed by atoms with Crippen LogP contribution in [0.15, 0.2) is 59.3 Å². The van der Waals surface area contributed by atoms with Crippen molar-refractivity contribution in [2.75, 3.05) is 5.32 Å². The fourth-order valence-corrected chi connectivity index (χ4v) is 2.89. The van der Waals surface area contributed by atoms with Gasteiger partial charge in [0.2, 0.25) is 0 Å². The van der Waals surface area contributed by atoms with E-state index in [0.717, 1.165) is 26.5 Å². The molecule has 104 valence electrons. The quantitative estimate of drug-likeness (QED) is 0.743. The summed E-state index contributed by atoms with van der Waals surface area (Å²) in [5.41, 5.74) is 2.43. The van der Waals surface area contributed by atoms with Gasteiger partial charge in [-0.3, -0.25) is 9.78 Å². The van der Waals surface area contributed by atoms with Gasteiger partial charge in [-0.1, -0.05) is 28.1 Å². The summed E-state index contributed by atoms with van der Waals surface area (Å²) in [4.78, 5) is 16.5. The number of aryl methyl sites for hydroxylation is 1. The van der Waals surface area contributed by atoms with Crippen LogP contribution in [0.25, 0.3) is 10.8 Å². The van der Waals surface area contributed by atoms with Crippen molar-refractivity contribution in [1.29, 1.82) is 0 Å². The van der Waals surface area contributed by atoms with Crippen LogP contribution in [0.3, 0.4) is 0 Å². The molecule has 1 aromatic heterocycles. The van der Waals surface area contributed by atoms with Gasteiger partial charge >= 0.3 is 0 Å². The first-order chi connectivity index (χ1) is 10.1. The van der Waals surface area contributed by atoms with Crippen LogP contribution < -0.4 is 5.32 Å². The predicted octanol–water partition coefficient (Wildman–Crippen LogP) is 4.56. The van der Waals surface area contributed by atoms with E-state index in [-0.39, 0.29) is 5.91 Å². The number of nitrogens with one attached hydrogen (secondary N) is 1. The fourth-order valence-electron chi connectivity index (χ4n) is 2.28. The Bertz CT molecular complexity index is 804. The lowest BCUT2D eigenvalue weighted by Gasteiger charge is -2.09. The molecule has 0 bridgehead atoms. The van der Waals surface area contributed by atoms with Gasteiger partial charge in [0.25, 0.3) is 5.91 Å². The van der Waals surface area contributed by atoms with E-state index in [9.17, 15) is 4.79 Å². The van der Waals surface area contributed by atoms with Crippen LogP contribution in [0.5, 0.6) is 0 Å². The van der Waals surface area contributed by atoms with Crippen molar-refractivity contribution in [3.05, 3.63) is 70.5 Å². The fraction of sp³-hybridized carbons (Fsp3) is 0.0588. The maximum Gasteiger partial charge on any atom is 0.255 e. The second-order valence-corrected chi connectivity index (χ2v) is 5.79. The summed E-state index contributed by atoms with van der Waals surface area (Å²) in [6.07, 6.45) is 3.50. The Kier molecular flexibility index (Phi) is 3.71. The molecule has 0 aliphatic heterocycles. The molecule has 3 rings (SSSR count). The van der Waals surface area contributed by atoms with Gasteiger partial charge in [-0.05, 0) is 48.2 Å². The normalized spacial score (nSPS) is 10.6. The molecule has 0 saturated carbocycles. The van der Waals surface area contributed by atoms with Crippen molar-refractivity contribution < 1.29 is 4.79 Å². The summed E-state index contributed by atoms with van der Waals surface area (Å²) in [6, 6.07) is 13.4. The van der Waals surface area contributed by atoms with E-state index in [1.165, 1.54) is 0 Å². The molecule has 3 aromatic rings. The van der Waals surface area contributed by atoms with Gasteiger partial charge in [0, 0.05) is 27.8 Å². The van der Waals surface area contributed by atoms with Gasteiger partial charge in [-0.25, -0.2) is 0 Å². The summed E-state index contributed by atoms with van der Waals surface area (Å²) >= 11 is 3.42. The lowest BCUT2D eigenvalue weighted by atomic mass is 10.1. The lowest BCUT2D eigenvalue weighted by molar-refractivity contribution is 0.102. The van der Waals surface area contributed by atoms with E-state index in [1.54, 1.807) is 12.4 Å². The highest BCUT2D eigenvalue weighted by atomic mass is 79.9. The first-order valence-electron chi connectivity index (χ1n) is 6.55. The molecule has 0 aliphatic rings. The van der Waals surface area contributed by atoms with Crippen LogP contribution in [0, 0.1) is 6.92 Å². The lowest BCUT2D eigenvalue weighted by Crippen LogP contribution is -2.12. The molecule has 0 saturated heterocycles. The number of benzene rings is 2. The van der Waals surface area contributed by atoms with E-state index >= 15 is 0 Å². The number of nitrogens with zero attached hydrogens (tertiary/aromatic N) is 1. The zero-order valence-corrected chi connectivity index (χ0v) is 13.0. The third-order valence-electron chi connectivity index (χ3n) is 3.24. The van der Waals surface area contributed by atoms with Crippen LogP contribution >= 0.6 is 15.9 Å². The minimum Gasteiger partial charge on any atom is -0.321 e. The number of pyridine rings is 1. The molecule has 1 amide bonds. The maximum atomic E-state index is 12.4. The molecule has 4 heteroatoms. The first-order valence-corrected chi connectivity index (χ1v) is 7.34. The van der Waals surface area contributed by atoms with Gasteiger partial charge in [0.1, 0.15) is 0 Å². The van der Waals surface area contributed by atoms with Crippen molar-refractivity contribution in [2.45, 2.75) is 6.92 Å². The number of aromatic nitrogens is 1. The summed E-state index contributed by atoms with van der Waals surface area (Å²) in [6.45, 7) is 1.96. The van der Waals surface area contributed by atoms with Crippen LogP contribution in [0.2, 0.25) is 0 Å². The highest BCUT2D eigenvalue weighted by Gasteiger charge is 2.09. The number of amides is 1. The van der Waals surface area contributed by atoms with Crippen molar-refractivity contribution in [3.63, 3.8) is 0 Å². The van der Waals surface area contributed by atoms with E-state index in [4.69, 9.17) is 0 Å². The third kappa shape index (κ3) is 2.95. The number of fused-ring (bicyclic) bond motifs is 1. The minimum atomic E-state index is -0.129. The number of carbonyl (C=O) groups excluding carboxylic acids is 1. The van der Waals surface area contributed by atoms with Crippen molar-refractivity contribution in [1.82, 2.24) is 4.98 Å². The van der Waals surface area contributed by atoms with Crippen molar-refractivity contribution >= 4 is 38.3 Å². The summed E-state index contributed by atoms with van der Waals surface area (Å²) in [7, 11) is 0. The Balaban J connectivity index is 1.96. The Morgan fingerprint density at radius 3 is 2.86 bits per heavy atom. The van der Waals surface area contributed by atoms with E-state index < -0.39 is 0 Å². The molecule has 0 aliphatic carbocycles. The molecular formula is C17H13BrN2O. The van der Waals surface area contributed by atoms with Gasteiger partial charge in [0.15, 0.2) is 0 Å². The highest BCUT2D eigenvalue weighted by Crippen LogP contribution is 2.23. The summed E-state index contributed by atoms with van der Waals surface area (Å²) in [5, 5.41) is 4.94. The molecule has 1 heterocycles. The number of rotatable bonds is 2. The molecule has 0 spiro atoms. The SMILES string of the molecule is Cc1cc(Br)cc(C(=O)Nc2cccc3ccncc23)c1. The summed E-state index contributed by atoms with van der Waals surface area (Å²) in [5.74, 6) is -0.129. The second kappa shape index (κ2) is 5.66. The number of hydrogen-bond acceptors (Lipinski definition) is 2. The molecule has 3 nitrogen and oxygen atoms in total. The minimum absolute atomic E-state index is 0.129. The van der Waals surface area contributed by atoms with Crippen molar-refractivity contribution in [3.8, 4) is 0 Å². The number of hydrogen-bond donors (Lipinski definition) is 1. The molecule has 0 unspecified atom stereocenters. The number of anilines is 1. The Labute approximate surface area is 131 Å². The molecule has 0 radical (unpaired) electrons. The summed E-state index contributed by atoms with van der Waals surface area (Å²) < 4.78 is 0.896. The highest BCUT2D eigenvalue weighted by molar-refractivity contribution is 9.10. The van der Waals surface area contributed by atoms with Crippen LogP contribution in [-0.2, 0) is 0 Å². The maximum absolute atomic E-state index is 12.4. The topological polar surface area (TPSA) is 42.0 Å². The predicted molar refractivity (Wildman–Crippen MR) is 88.6 cm³/mol. The Morgan fingerprint density at radius 1 is 1.19 bits per heavy atom. The van der Waals surface area contributed by atoms with E-state index in [1.807, 2.05) is 49.4 Å². The molecule has 1 N–H and O–H groups in total. The van der Waals surface area contributed by atoms with Crippen LogP contribution in [-0.4, -0.2) is 10.9 Å². The zero-order chi connectivity index (χ0) is 14.8. The smallest absolute Gasteiger partial charge is 0.255 e. The average Bonchev–Trinajstić information content (AvgIpc) is 2.46. The molecule has 0 atom stereocenters. The van der Waals surface area contributed by atoms with Gasteiger partial charge in [-0.15, -0.1) is 0 Å².